The first kappa shape index (κ1) is 21.3. The molecule has 0 spiro atoms. The van der Waals surface area contributed by atoms with Crippen molar-refractivity contribution >= 4 is 33.3 Å². The van der Waals surface area contributed by atoms with Crippen molar-refractivity contribution < 1.29 is 4.92 Å². The summed E-state index contributed by atoms with van der Waals surface area (Å²) >= 11 is 0. The number of benzene rings is 4. The normalized spacial score (nSPS) is 15.9. The van der Waals surface area contributed by atoms with Crippen LogP contribution < -0.4 is 10.6 Å². The zero-order valence-electron chi connectivity index (χ0n) is 19.2. The van der Waals surface area contributed by atoms with Gasteiger partial charge in [0.1, 0.15) is 0 Å². The second kappa shape index (κ2) is 8.43. The van der Waals surface area contributed by atoms with E-state index >= 15 is 0 Å². The summed E-state index contributed by atoms with van der Waals surface area (Å²) in [6, 6.07) is 21.9. The first-order valence-corrected chi connectivity index (χ1v) is 11.7. The van der Waals surface area contributed by atoms with E-state index in [0.717, 1.165) is 40.9 Å². The summed E-state index contributed by atoms with van der Waals surface area (Å²) in [7, 11) is 0. The van der Waals surface area contributed by atoms with Crippen molar-refractivity contribution in [2.75, 3.05) is 6.54 Å². The molecule has 0 aromatic heterocycles. The standard InChI is InChI=1S/C18H15NO2.C11H13N/c20-19(21)18-7-3-6-14-16-9-8-12-4-1-2-5-13(12)15(16)10-11-17(14)18;1-11(2)7-9-5-3-4-6-10(9)12-8-11/h3,6-11H,1-2,4-5H2;3-7H,8H2,1-2H3. The highest BCUT2D eigenvalue weighted by Crippen LogP contribution is 2.36. The summed E-state index contributed by atoms with van der Waals surface area (Å²) < 4.78 is 0. The van der Waals surface area contributed by atoms with E-state index in [1.54, 1.807) is 12.1 Å². The minimum atomic E-state index is -0.299. The van der Waals surface area contributed by atoms with Gasteiger partial charge in [0.05, 0.1) is 15.7 Å². The minimum absolute atomic E-state index is 0.187. The highest BCUT2D eigenvalue weighted by molar-refractivity contribution is 6.11. The molecule has 0 fully saturated rings. The molecule has 4 heteroatoms. The van der Waals surface area contributed by atoms with E-state index in [1.807, 2.05) is 18.2 Å². The Kier molecular flexibility index (Phi) is 5.45. The molecule has 4 aromatic carbocycles. The molecule has 2 aliphatic rings. The maximum absolute atomic E-state index is 11.2. The van der Waals surface area contributed by atoms with Crippen molar-refractivity contribution in [3.05, 3.63) is 98.5 Å². The van der Waals surface area contributed by atoms with Gasteiger partial charge in [-0.2, -0.15) is 0 Å². The van der Waals surface area contributed by atoms with E-state index in [2.05, 4.69) is 61.3 Å². The van der Waals surface area contributed by atoms with Crippen LogP contribution >= 0.6 is 0 Å². The molecule has 0 unspecified atom stereocenters. The van der Waals surface area contributed by atoms with E-state index in [0.29, 0.717) is 0 Å². The zero-order chi connectivity index (χ0) is 23.0. The molecule has 166 valence electrons. The molecule has 0 radical (unpaired) electrons. The molecule has 33 heavy (non-hydrogen) atoms. The highest BCUT2D eigenvalue weighted by Gasteiger charge is 2.17. The maximum atomic E-state index is 11.2. The van der Waals surface area contributed by atoms with Crippen LogP contribution in [0.15, 0.2) is 71.7 Å². The lowest BCUT2D eigenvalue weighted by atomic mass is 9.86. The molecule has 6 rings (SSSR count). The quantitative estimate of drug-likeness (QED) is 0.212. The molecule has 0 N–H and O–H groups in total. The van der Waals surface area contributed by atoms with Crippen LogP contribution in [0, 0.1) is 15.5 Å². The second-order valence-electron chi connectivity index (χ2n) is 9.71. The van der Waals surface area contributed by atoms with Crippen LogP contribution in [0.5, 0.6) is 0 Å². The number of non-ortho nitro benzene ring substituents is 1. The van der Waals surface area contributed by atoms with Gasteiger partial charge >= 0.3 is 0 Å². The van der Waals surface area contributed by atoms with Crippen LogP contribution in [0.1, 0.15) is 37.8 Å². The van der Waals surface area contributed by atoms with Crippen LogP contribution in [0.4, 0.5) is 5.69 Å². The fraction of sp³-hybridized carbons (Fsp3) is 0.276. The molecule has 4 nitrogen and oxygen atoms in total. The molecule has 0 saturated carbocycles. The Morgan fingerprint density at radius 3 is 2.39 bits per heavy atom. The molecule has 4 aromatic rings. The Morgan fingerprint density at radius 1 is 0.818 bits per heavy atom. The number of hydrogen-bond donors (Lipinski definition) is 0. The van der Waals surface area contributed by atoms with Gasteiger partial charge in [-0.3, -0.25) is 15.1 Å². The van der Waals surface area contributed by atoms with Crippen molar-refractivity contribution in [1.82, 2.24) is 0 Å². The summed E-state index contributed by atoms with van der Waals surface area (Å²) in [5, 5.41) is 17.7. The Morgan fingerprint density at radius 2 is 1.55 bits per heavy atom. The van der Waals surface area contributed by atoms with Gasteiger partial charge in [0.2, 0.25) is 0 Å². The molecule has 0 saturated heterocycles. The third-order valence-electron chi connectivity index (χ3n) is 6.70. The van der Waals surface area contributed by atoms with Crippen molar-refractivity contribution in [2.24, 2.45) is 10.4 Å². The summed E-state index contributed by atoms with van der Waals surface area (Å²) in [6.07, 6.45) is 7.07. The Hall–Kier alpha value is -3.53. The van der Waals surface area contributed by atoms with Gasteiger partial charge < -0.3 is 0 Å². The van der Waals surface area contributed by atoms with Gasteiger partial charge in [-0.15, -0.1) is 0 Å². The van der Waals surface area contributed by atoms with Crippen LogP contribution in [-0.4, -0.2) is 11.5 Å². The monoisotopic (exact) mass is 436 g/mol. The molecule has 1 heterocycles. The SMILES string of the molecule is CC1(C)C=c2ccccc2=NC1.O=[N+]([O-])c1cccc2c1ccc1c3c(ccc12)CCCC3. The van der Waals surface area contributed by atoms with Crippen molar-refractivity contribution in [3.63, 3.8) is 0 Å². The van der Waals surface area contributed by atoms with Gasteiger partial charge in [-0.05, 0) is 70.3 Å². The van der Waals surface area contributed by atoms with Gasteiger partial charge in [-0.25, -0.2) is 0 Å². The Balaban J connectivity index is 0.000000162. The van der Waals surface area contributed by atoms with Crippen LogP contribution in [0.2, 0.25) is 0 Å². The molecule has 0 amide bonds. The fourth-order valence-electron chi connectivity index (χ4n) is 5.08. The van der Waals surface area contributed by atoms with E-state index < -0.39 is 0 Å². The van der Waals surface area contributed by atoms with Crippen molar-refractivity contribution in [1.29, 1.82) is 0 Å². The third kappa shape index (κ3) is 4.13. The zero-order valence-corrected chi connectivity index (χ0v) is 19.2. The molecule has 1 aliphatic carbocycles. The van der Waals surface area contributed by atoms with E-state index in [1.165, 1.54) is 34.6 Å². The average molecular weight is 437 g/mol. The predicted octanol–water partition coefficient (Wildman–Crippen LogP) is 5.91. The summed E-state index contributed by atoms with van der Waals surface area (Å²) in [4.78, 5) is 15.4. The fourth-order valence-corrected chi connectivity index (χ4v) is 5.08. The summed E-state index contributed by atoms with van der Waals surface area (Å²) in [5.41, 5.74) is 3.30. The van der Waals surface area contributed by atoms with E-state index in [-0.39, 0.29) is 16.0 Å². The van der Waals surface area contributed by atoms with Gasteiger partial charge in [-0.1, -0.05) is 68.5 Å². The Labute approximate surface area is 193 Å². The molecular weight excluding hydrogens is 408 g/mol. The van der Waals surface area contributed by atoms with Crippen LogP contribution in [-0.2, 0) is 12.8 Å². The first-order valence-electron chi connectivity index (χ1n) is 11.7. The number of nitrogens with zero attached hydrogens (tertiary/aromatic N) is 2. The molecule has 0 bridgehead atoms. The largest absolute Gasteiger partial charge is 0.284 e. The van der Waals surface area contributed by atoms with Gasteiger partial charge in [0.15, 0.2) is 0 Å². The van der Waals surface area contributed by atoms with Gasteiger partial charge in [0.25, 0.3) is 5.69 Å². The number of para-hydroxylation sites is 1. The Bertz CT molecular complexity index is 1500. The van der Waals surface area contributed by atoms with Crippen LogP contribution in [0.25, 0.3) is 27.6 Å². The predicted molar refractivity (Wildman–Crippen MR) is 135 cm³/mol. The summed E-state index contributed by atoms with van der Waals surface area (Å²) in [6.45, 7) is 5.34. The first-order chi connectivity index (χ1) is 15.9. The van der Waals surface area contributed by atoms with E-state index in [4.69, 9.17) is 0 Å². The number of nitro benzene ring substituents is 1. The lowest BCUT2D eigenvalue weighted by Gasteiger charge is -2.19. The second-order valence-corrected chi connectivity index (χ2v) is 9.71. The highest BCUT2D eigenvalue weighted by atomic mass is 16.6. The van der Waals surface area contributed by atoms with E-state index in [9.17, 15) is 10.1 Å². The number of nitro groups is 1. The number of rotatable bonds is 1. The lowest BCUT2D eigenvalue weighted by molar-refractivity contribution is -0.383. The minimum Gasteiger partial charge on any atom is -0.284 e. The average Bonchev–Trinajstić information content (AvgIpc) is 2.83. The third-order valence-corrected chi connectivity index (χ3v) is 6.70. The van der Waals surface area contributed by atoms with Crippen molar-refractivity contribution in [3.8, 4) is 0 Å². The number of fused-ring (bicyclic) bond motifs is 6. The smallest absolute Gasteiger partial charge is 0.277 e. The number of hydrogen-bond acceptors (Lipinski definition) is 3. The van der Waals surface area contributed by atoms with Crippen molar-refractivity contribution in [2.45, 2.75) is 39.5 Å². The molecule has 0 atom stereocenters. The summed E-state index contributed by atoms with van der Waals surface area (Å²) in [5.74, 6) is 0. The lowest BCUT2D eigenvalue weighted by Crippen LogP contribution is -2.33. The topological polar surface area (TPSA) is 55.5 Å². The maximum Gasteiger partial charge on any atom is 0.277 e. The van der Waals surface area contributed by atoms with Gasteiger partial charge in [0, 0.05) is 18.0 Å². The van der Waals surface area contributed by atoms with Crippen LogP contribution in [0.3, 0.4) is 0 Å². The molecular formula is C29H28N2O2. The molecule has 1 aliphatic heterocycles. The number of aryl methyl sites for hydroxylation is 2.